The van der Waals surface area contributed by atoms with Gasteiger partial charge in [0, 0.05) is 6.54 Å². The second kappa shape index (κ2) is 3.22. The SMILES string of the molecule is CN1CC[C@@H](O)C[C@H]1C(F)(F)F. The highest BCUT2D eigenvalue weighted by Gasteiger charge is 2.44. The predicted molar refractivity (Wildman–Crippen MR) is 37.7 cm³/mol. The van der Waals surface area contributed by atoms with E-state index in [2.05, 4.69) is 0 Å². The number of hydrogen-bond acceptors (Lipinski definition) is 2. The molecule has 1 saturated heterocycles. The molecule has 1 rings (SSSR count). The van der Waals surface area contributed by atoms with Gasteiger partial charge in [-0.2, -0.15) is 13.2 Å². The van der Waals surface area contributed by atoms with Crippen molar-refractivity contribution in [3.8, 4) is 0 Å². The molecule has 12 heavy (non-hydrogen) atoms. The fraction of sp³-hybridized carbons (Fsp3) is 1.00. The monoisotopic (exact) mass is 183 g/mol. The average molecular weight is 183 g/mol. The minimum Gasteiger partial charge on any atom is -0.393 e. The van der Waals surface area contributed by atoms with Gasteiger partial charge in [0.15, 0.2) is 0 Å². The summed E-state index contributed by atoms with van der Waals surface area (Å²) in [5.41, 5.74) is 0. The highest BCUT2D eigenvalue weighted by molar-refractivity contribution is 4.84. The Kier molecular flexibility index (Phi) is 2.63. The van der Waals surface area contributed by atoms with E-state index in [1.807, 2.05) is 0 Å². The highest BCUT2D eigenvalue weighted by Crippen LogP contribution is 2.30. The number of halogens is 3. The molecule has 0 aromatic rings. The minimum atomic E-state index is -4.21. The van der Waals surface area contributed by atoms with Crippen LogP contribution in [-0.4, -0.2) is 41.9 Å². The van der Waals surface area contributed by atoms with Crippen molar-refractivity contribution in [1.29, 1.82) is 0 Å². The lowest BCUT2D eigenvalue weighted by Gasteiger charge is -2.36. The van der Waals surface area contributed by atoms with Crippen molar-refractivity contribution in [2.75, 3.05) is 13.6 Å². The molecule has 0 aromatic heterocycles. The summed E-state index contributed by atoms with van der Waals surface area (Å²) < 4.78 is 36.6. The van der Waals surface area contributed by atoms with Crippen molar-refractivity contribution in [3.05, 3.63) is 0 Å². The fourth-order valence-corrected chi connectivity index (χ4v) is 1.45. The number of likely N-dealkylation sites (tertiary alicyclic amines) is 1. The summed E-state index contributed by atoms with van der Waals surface area (Å²) >= 11 is 0. The summed E-state index contributed by atoms with van der Waals surface area (Å²) in [4.78, 5) is 1.24. The quantitative estimate of drug-likeness (QED) is 0.605. The van der Waals surface area contributed by atoms with Crippen molar-refractivity contribution in [2.24, 2.45) is 0 Å². The second-order valence-electron chi connectivity index (χ2n) is 3.22. The lowest BCUT2D eigenvalue weighted by Crippen LogP contribution is -2.50. The highest BCUT2D eigenvalue weighted by atomic mass is 19.4. The lowest BCUT2D eigenvalue weighted by atomic mass is 10.00. The van der Waals surface area contributed by atoms with E-state index in [9.17, 15) is 13.2 Å². The van der Waals surface area contributed by atoms with Crippen molar-refractivity contribution in [2.45, 2.75) is 31.2 Å². The van der Waals surface area contributed by atoms with Gasteiger partial charge in [0.05, 0.1) is 6.10 Å². The summed E-state index contributed by atoms with van der Waals surface area (Å²) in [7, 11) is 1.43. The molecule has 0 radical (unpaired) electrons. The van der Waals surface area contributed by atoms with E-state index < -0.39 is 18.3 Å². The number of nitrogens with zero attached hydrogens (tertiary/aromatic N) is 1. The van der Waals surface area contributed by atoms with Crippen LogP contribution in [-0.2, 0) is 0 Å². The van der Waals surface area contributed by atoms with Crippen LogP contribution in [0.5, 0.6) is 0 Å². The molecule has 2 nitrogen and oxygen atoms in total. The standard InChI is InChI=1S/C7H12F3NO/c1-11-3-2-5(12)4-6(11)7(8,9)10/h5-6,12H,2-4H2,1H3/t5-,6+/m1/s1. The van der Waals surface area contributed by atoms with Crippen LogP contribution in [0.3, 0.4) is 0 Å². The summed E-state index contributed by atoms with van der Waals surface area (Å²) in [6, 6.07) is -1.47. The van der Waals surface area contributed by atoms with Crippen LogP contribution in [0.15, 0.2) is 0 Å². The smallest absolute Gasteiger partial charge is 0.393 e. The third-order valence-corrected chi connectivity index (χ3v) is 2.22. The number of aliphatic hydroxyl groups is 1. The average Bonchev–Trinajstić information content (AvgIpc) is 1.92. The Hall–Kier alpha value is -0.290. The first-order chi connectivity index (χ1) is 5.41. The Labute approximate surface area is 69.0 Å². The fourth-order valence-electron chi connectivity index (χ4n) is 1.45. The van der Waals surface area contributed by atoms with Crippen LogP contribution in [0.25, 0.3) is 0 Å². The predicted octanol–water partition coefficient (Wildman–Crippen LogP) is 1.00. The van der Waals surface area contributed by atoms with Gasteiger partial charge in [-0.25, -0.2) is 0 Å². The van der Waals surface area contributed by atoms with Gasteiger partial charge in [-0.3, -0.25) is 4.90 Å². The molecule has 2 atom stereocenters. The third kappa shape index (κ3) is 2.10. The van der Waals surface area contributed by atoms with Gasteiger partial charge >= 0.3 is 6.18 Å². The van der Waals surface area contributed by atoms with Gasteiger partial charge in [-0.15, -0.1) is 0 Å². The molecule has 0 unspecified atom stereocenters. The van der Waals surface area contributed by atoms with Crippen LogP contribution in [0.1, 0.15) is 12.8 Å². The van der Waals surface area contributed by atoms with Crippen molar-refractivity contribution >= 4 is 0 Å². The van der Waals surface area contributed by atoms with E-state index in [-0.39, 0.29) is 6.42 Å². The Morgan fingerprint density at radius 2 is 2.00 bits per heavy atom. The van der Waals surface area contributed by atoms with Gasteiger partial charge < -0.3 is 5.11 Å². The maximum atomic E-state index is 12.2. The molecule has 72 valence electrons. The molecule has 1 aliphatic heterocycles. The summed E-state index contributed by atoms with van der Waals surface area (Å²) in [6.07, 6.45) is -4.77. The van der Waals surface area contributed by atoms with Gasteiger partial charge in [0.1, 0.15) is 6.04 Å². The van der Waals surface area contributed by atoms with Crippen molar-refractivity contribution in [1.82, 2.24) is 4.90 Å². The van der Waals surface area contributed by atoms with E-state index in [1.165, 1.54) is 11.9 Å². The maximum absolute atomic E-state index is 12.2. The number of alkyl halides is 3. The first-order valence-corrected chi connectivity index (χ1v) is 3.86. The van der Waals surface area contributed by atoms with E-state index in [1.54, 1.807) is 0 Å². The van der Waals surface area contributed by atoms with Gasteiger partial charge in [-0.05, 0) is 19.9 Å². The molecular weight excluding hydrogens is 171 g/mol. The number of aliphatic hydroxyl groups excluding tert-OH is 1. The summed E-state index contributed by atoms with van der Waals surface area (Å²) in [6.45, 7) is 0.311. The van der Waals surface area contributed by atoms with Crippen LogP contribution in [0, 0.1) is 0 Å². The summed E-state index contributed by atoms with van der Waals surface area (Å²) in [5.74, 6) is 0. The zero-order valence-corrected chi connectivity index (χ0v) is 6.80. The minimum absolute atomic E-state index is 0.194. The van der Waals surface area contributed by atoms with Crippen LogP contribution < -0.4 is 0 Å². The zero-order chi connectivity index (χ0) is 9.35. The normalized spacial score (nSPS) is 33.8. The Morgan fingerprint density at radius 1 is 1.42 bits per heavy atom. The molecule has 0 saturated carbocycles. The Morgan fingerprint density at radius 3 is 2.42 bits per heavy atom. The summed E-state index contributed by atoms with van der Waals surface area (Å²) in [5, 5.41) is 9.03. The number of hydrogen-bond donors (Lipinski definition) is 1. The van der Waals surface area contributed by atoms with E-state index in [0.29, 0.717) is 13.0 Å². The molecular formula is C7H12F3NO. The first kappa shape index (κ1) is 9.80. The van der Waals surface area contributed by atoms with Gasteiger partial charge in [0.25, 0.3) is 0 Å². The molecule has 0 aliphatic carbocycles. The van der Waals surface area contributed by atoms with Gasteiger partial charge in [-0.1, -0.05) is 0 Å². The number of rotatable bonds is 0. The number of piperidine rings is 1. The molecule has 0 bridgehead atoms. The van der Waals surface area contributed by atoms with Crippen LogP contribution >= 0.6 is 0 Å². The Balaban J connectivity index is 2.61. The third-order valence-electron chi connectivity index (χ3n) is 2.22. The maximum Gasteiger partial charge on any atom is 0.404 e. The van der Waals surface area contributed by atoms with E-state index in [0.717, 1.165) is 0 Å². The molecule has 1 aliphatic rings. The molecule has 0 spiro atoms. The first-order valence-electron chi connectivity index (χ1n) is 3.86. The van der Waals surface area contributed by atoms with Crippen LogP contribution in [0.2, 0.25) is 0 Å². The van der Waals surface area contributed by atoms with Crippen molar-refractivity contribution in [3.63, 3.8) is 0 Å². The molecule has 5 heteroatoms. The zero-order valence-electron chi connectivity index (χ0n) is 6.80. The lowest BCUT2D eigenvalue weighted by molar-refractivity contribution is -0.195. The molecule has 1 fully saturated rings. The van der Waals surface area contributed by atoms with Crippen molar-refractivity contribution < 1.29 is 18.3 Å². The van der Waals surface area contributed by atoms with E-state index >= 15 is 0 Å². The molecule has 0 amide bonds. The molecule has 1 N–H and O–H groups in total. The van der Waals surface area contributed by atoms with Crippen LogP contribution in [0.4, 0.5) is 13.2 Å². The van der Waals surface area contributed by atoms with E-state index in [4.69, 9.17) is 5.11 Å². The largest absolute Gasteiger partial charge is 0.404 e. The second-order valence-corrected chi connectivity index (χ2v) is 3.22. The van der Waals surface area contributed by atoms with Gasteiger partial charge in [0.2, 0.25) is 0 Å². The topological polar surface area (TPSA) is 23.5 Å². The molecule has 0 aromatic carbocycles. The Bertz CT molecular complexity index is 159. The molecule has 1 heterocycles.